The van der Waals surface area contributed by atoms with E-state index in [1.807, 2.05) is 31.2 Å². The van der Waals surface area contributed by atoms with Crippen LogP contribution in [0, 0.1) is 24.2 Å². The molecule has 1 heterocycles. The van der Waals surface area contributed by atoms with E-state index < -0.39 is 5.41 Å². The van der Waals surface area contributed by atoms with Crippen LogP contribution in [0.25, 0.3) is 0 Å². The fourth-order valence-corrected chi connectivity index (χ4v) is 6.69. The zero-order valence-corrected chi connectivity index (χ0v) is 17.8. The van der Waals surface area contributed by atoms with Crippen molar-refractivity contribution in [1.82, 2.24) is 15.0 Å². The van der Waals surface area contributed by atoms with Crippen LogP contribution in [0.4, 0.5) is 17.6 Å². The van der Waals surface area contributed by atoms with Crippen LogP contribution in [0.1, 0.15) is 49.9 Å². The Morgan fingerprint density at radius 3 is 2.53 bits per heavy atom. The molecule has 6 rings (SSSR count). The van der Waals surface area contributed by atoms with E-state index in [1.54, 1.807) is 0 Å². The minimum absolute atomic E-state index is 0.0273. The van der Waals surface area contributed by atoms with Gasteiger partial charge in [-0.15, -0.1) is 11.6 Å². The Morgan fingerprint density at radius 1 is 1.17 bits per heavy atom. The summed E-state index contributed by atoms with van der Waals surface area (Å²) in [6.45, 7) is 1.99. The molecule has 0 spiro atoms. The molecule has 4 aliphatic rings. The molecule has 2 atom stereocenters. The summed E-state index contributed by atoms with van der Waals surface area (Å²) in [6.07, 6.45) is 5.73. The summed E-state index contributed by atoms with van der Waals surface area (Å²) in [5.41, 5.74) is 7.40. The highest BCUT2D eigenvalue weighted by Crippen LogP contribution is 2.64. The van der Waals surface area contributed by atoms with E-state index in [0.29, 0.717) is 30.0 Å². The fraction of sp³-hybridized carbons (Fsp3) is 0.545. The van der Waals surface area contributed by atoms with Gasteiger partial charge in [-0.2, -0.15) is 15.0 Å². The summed E-state index contributed by atoms with van der Waals surface area (Å²) in [7, 11) is 0. The maximum Gasteiger partial charge on any atom is 0.312 e. The summed E-state index contributed by atoms with van der Waals surface area (Å²) in [6, 6.07) is 7.85. The quantitative estimate of drug-likeness (QED) is 0.546. The Morgan fingerprint density at radius 2 is 1.87 bits per heavy atom. The Bertz CT molecular complexity index is 966. The molecule has 8 heteroatoms. The van der Waals surface area contributed by atoms with Crippen molar-refractivity contribution in [3.05, 3.63) is 35.7 Å². The summed E-state index contributed by atoms with van der Waals surface area (Å²) in [5.74, 6) is 1.64. The highest BCUT2D eigenvalue weighted by molar-refractivity contribution is 6.24. The number of alkyl halides is 1. The molecule has 2 aromatic rings. The van der Waals surface area contributed by atoms with Crippen LogP contribution in [0.15, 0.2) is 24.3 Å². The van der Waals surface area contributed by atoms with Crippen LogP contribution < -0.4 is 11.1 Å². The number of nitrogen functional groups attached to an aromatic ring is 1. The van der Waals surface area contributed by atoms with E-state index >= 15 is 0 Å². The molecular formula is C22H26ClN5O2. The predicted octanol–water partition coefficient (Wildman–Crippen LogP) is 4.13. The number of carbonyl (C=O) groups excluding carboxylic acids is 1. The van der Waals surface area contributed by atoms with E-state index in [2.05, 4.69) is 20.3 Å². The third-order valence-corrected chi connectivity index (χ3v) is 7.20. The highest BCUT2D eigenvalue weighted by atomic mass is 35.5. The lowest BCUT2D eigenvalue weighted by Gasteiger charge is -2.58. The molecular weight excluding hydrogens is 402 g/mol. The van der Waals surface area contributed by atoms with Crippen LogP contribution in [0.3, 0.4) is 0 Å². The number of ether oxygens (including phenoxy) is 1. The average molecular weight is 428 g/mol. The van der Waals surface area contributed by atoms with Crippen molar-refractivity contribution in [3.8, 4) is 0 Å². The maximum absolute atomic E-state index is 13.1. The zero-order chi connectivity index (χ0) is 20.9. The van der Waals surface area contributed by atoms with E-state index in [1.165, 1.54) is 6.42 Å². The number of nitrogens with two attached hydrogens (primary N) is 1. The fourth-order valence-electron chi connectivity index (χ4n) is 6.00. The van der Waals surface area contributed by atoms with E-state index in [4.69, 9.17) is 22.1 Å². The number of nitrogens with one attached hydrogen (secondary N) is 1. The molecule has 1 aromatic carbocycles. The molecule has 30 heavy (non-hydrogen) atoms. The lowest BCUT2D eigenvalue weighted by molar-refractivity contribution is -0.171. The molecule has 1 aromatic heterocycles. The van der Waals surface area contributed by atoms with Crippen LogP contribution in [-0.4, -0.2) is 25.8 Å². The molecule has 158 valence electrons. The number of nitrogens with zero attached hydrogens (tertiary/aromatic N) is 3. The second-order valence-corrected chi connectivity index (χ2v) is 10.2. The van der Waals surface area contributed by atoms with Gasteiger partial charge in [-0.3, -0.25) is 4.79 Å². The largest absolute Gasteiger partial charge is 0.457 e. The molecule has 4 aliphatic carbocycles. The summed E-state index contributed by atoms with van der Waals surface area (Å²) >= 11 is 6.84. The van der Waals surface area contributed by atoms with E-state index in [9.17, 15) is 4.79 Å². The highest BCUT2D eigenvalue weighted by Gasteiger charge is 2.60. The van der Waals surface area contributed by atoms with Gasteiger partial charge in [0, 0.05) is 10.6 Å². The first-order valence-electron chi connectivity index (χ1n) is 10.5. The molecule has 0 unspecified atom stereocenters. The second kappa shape index (κ2) is 7.08. The van der Waals surface area contributed by atoms with Gasteiger partial charge >= 0.3 is 5.97 Å². The standard InChI is InChI=1S/C22H26ClN5O2/c1-13-2-4-16(5-3-13)25-20-27-17(26-19(24)28-20)11-30-18(29)21-7-14-6-15(8-21)10-22(23,9-14)12-21/h2-5,14-15H,6-12H2,1H3,(H3,24,25,26,27,28)/t14-,15-,21?,22?/m1/s1. The molecule has 0 saturated heterocycles. The van der Waals surface area contributed by atoms with Crippen molar-refractivity contribution in [1.29, 1.82) is 0 Å². The molecule has 3 N–H and O–H groups in total. The van der Waals surface area contributed by atoms with Gasteiger partial charge in [-0.25, -0.2) is 0 Å². The van der Waals surface area contributed by atoms with Crippen molar-refractivity contribution in [2.75, 3.05) is 11.1 Å². The SMILES string of the molecule is Cc1ccc(Nc2nc(N)nc(COC(=O)C34C[C@H]5C[C@@H](CC(Cl)(C5)C3)C4)n2)cc1. The van der Waals surface area contributed by atoms with Gasteiger partial charge in [-0.1, -0.05) is 17.7 Å². The van der Waals surface area contributed by atoms with Crippen molar-refractivity contribution in [2.24, 2.45) is 17.3 Å². The van der Waals surface area contributed by atoms with Crippen LogP contribution in [0.5, 0.6) is 0 Å². The molecule has 0 aliphatic heterocycles. The number of anilines is 3. The van der Waals surface area contributed by atoms with Gasteiger partial charge in [0.2, 0.25) is 11.9 Å². The number of hydrogen-bond acceptors (Lipinski definition) is 7. The monoisotopic (exact) mass is 427 g/mol. The first kappa shape index (κ1) is 19.5. The van der Waals surface area contributed by atoms with Crippen molar-refractivity contribution in [3.63, 3.8) is 0 Å². The number of hydrogen-bond donors (Lipinski definition) is 2. The molecule has 4 fully saturated rings. The van der Waals surface area contributed by atoms with Crippen molar-refractivity contribution in [2.45, 2.75) is 56.9 Å². The smallest absolute Gasteiger partial charge is 0.312 e. The number of carbonyl (C=O) groups is 1. The minimum Gasteiger partial charge on any atom is -0.457 e. The van der Waals surface area contributed by atoms with Gasteiger partial charge in [0.15, 0.2) is 12.4 Å². The van der Waals surface area contributed by atoms with Crippen LogP contribution in [0.2, 0.25) is 0 Å². The third-order valence-electron chi connectivity index (χ3n) is 6.76. The topological polar surface area (TPSA) is 103 Å². The molecule has 7 nitrogen and oxygen atoms in total. The van der Waals surface area contributed by atoms with Gasteiger partial charge < -0.3 is 15.8 Å². The lowest BCUT2D eigenvalue weighted by Crippen LogP contribution is -2.56. The second-order valence-electron chi connectivity index (χ2n) is 9.39. The van der Waals surface area contributed by atoms with Crippen molar-refractivity contribution < 1.29 is 9.53 Å². The van der Waals surface area contributed by atoms with Gasteiger partial charge in [0.25, 0.3) is 0 Å². The minimum atomic E-state index is -0.451. The van der Waals surface area contributed by atoms with Gasteiger partial charge in [0.05, 0.1) is 5.41 Å². The number of aromatic nitrogens is 3. The van der Waals surface area contributed by atoms with Crippen LogP contribution in [-0.2, 0) is 16.1 Å². The summed E-state index contributed by atoms with van der Waals surface area (Å²) in [4.78, 5) is 25.5. The Balaban J connectivity index is 1.28. The maximum atomic E-state index is 13.1. The predicted molar refractivity (Wildman–Crippen MR) is 114 cm³/mol. The zero-order valence-electron chi connectivity index (χ0n) is 17.0. The Labute approximate surface area is 180 Å². The molecule has 4 bridgehead atoms. The average Bonchev–Trinajstić information content (AvgIpc) is 2.65. The normalized spacial score (nSPS) is 31.5. The number of rotatable bonds is 5. The summed E-state index contributed by atoms with van der Waals surface area (Å²) < 4.78 is 5.70. The summed E-state index contributed by atoms with van der Waals surface area (Å²) in [5, 5.41) is 3.11. The van der Waals surface area contributed by atoms with Crippen molar-refractivity contribution >= 4 is 35.2 Å². The van der Waals surface area contributed by atoms with Crippen LogP contribution >= 0.6 is 11.6 Å². The molecule has 0 amide bonds. The van der Waals surface area contributed by atoms with E-state index in [0.717, 1.165) is 36.9 Å². The third kappa shape index (κ3) is 3.71. The molecule has 0 radical (unpaired) electrons. The molecule has 4 saturated carbocycles. The first-order valence-corrected chi connectivity index (χ1v) is 10.9. The van der Waals surface area contributed by atoms with E-state index in [-0.39, 0.29) is 23.4 Å². The number of esters is 1. The number of halogens is 1. The lowest BCUT2D eigenvalue weighted by atomic mass is 9.49. The Kier molecular flexibility index (Phi) is 4.61. The number of benzene rings is 1. The Hall–Kier alpha value is -2.41. The van der Waals surface area contributed by atoms with Gasteiger partial charge in [0.1, 0.15) is 0 Å². The number of aryl methyl sites for hydroxylation is 1. The first-order chi connectivity index (χ1) is 14.3. The van der Waals surface area contributed by atoms with Gasteiger partial charge in [-0.05, 0) is 69.4 Å².